The molecular formula is C20H13N3OS. The number of thiazole rings is 1. The second-order valence-electron chi connectivity index (χ2n) is 5.77. The molecule has 0 aliphatic carbocycles. The van der Waals surface area contributed by atoms with E-state index in [4.69, 9.17) is 0 Å². The Morgan fingerprint density at radius 3 is 2.60 bits per heavy atom. The quantitative estimate of drug-likeness (QED) is 0.494. The molecule has 0 amide bonds. The Balaban J connectivity index is 1.74. The summed E-state index contributed by atoms with van der Waals surface area (Å²) in [4.78, 5) is 18.2. The summed E-state index contributed by atoms with van der Waals surface area (Å²) < 4.78 is 4.45. The maximum absolute atomic E-state index is 12.9. The van der Waals surface area contributed by atoms with Crippen LogP contribution in [-0.2, 0) is 0 Å². The van der Waals surface area contributed by atoms with E-state index in [0.29, 0.717) is 4.53 Å². The molecule has 5 aromatic rings. The highest BCUT2D eigenvalue weighted by Crippen LogP contribution is 2.16. The van der Waals surface area contributed by atoms with Crippen molar-refractivity contribution in [2.75, 3.05) is 0 Å². The highest BCUT2D eigenvalue weighted by Gasteiger charge is 2.11. The smallest absolute Gasteiger partial charge is 0.275 e. The molecule has 0 fully saturated rings. The Bertz CT molecular complexity index is 1310. The lowest BCUT2D eigenvalue weighted by Crippen LogP contribution is -2.23. The molecule has 0 aliphatic rings. The number of hydrogen-bond donors (Lipinski definition) is 0. The maximum atomic E-state index is 12.9. The summed E-state index contributed by atoms with van der Waals surface area (Å²) in [5.41, 5.74) is 3.73. The molecule has 4 nitrogen and oxygen atoms in total. The van der Waals surface area contributed by atoms with Crippen molar-refractivity contribution < 1.29 is 0 Å². The molecule has 0 bridgehead atoms. The van der Waals surface area contributed by atoms with Crippen molar-refractivity contribution >= 4 is 33.4 Å². The van der Waals surface area contributed by atoms with Crippen LogP contribution in [0.15, 0.2) is 77.7 Å². The number of para-hydroxylation sites is 3. The summed E-state index contributed by atoms with van der Waals surface area (Å²) >= 11 is 1.42. The number of rotatable bonds is 2. The van der Waals surface area contributed by atoms with E-state index >= 15 is 0 Å². The average Bonchev–Trinajstić information content (AvgIpc) is 3.32. The van der Waals surface area contributed by atoms with Gasteiger partial charge in [-0.05, 0) is 42.5 Å². The van der Waals surface area contributed by atoms with Gasteiger partial charge < -0.3 is 4.57 Å². The Morgan fingerprint density at radius 1 is 0.920 bits per heavy atom. The van der Waals surface area contributed by atoms with Gasteiger partial charge in [0.25, 0.3) is 5.56 Å². The SMILES string of the molecule is O=c1/c(=C/c2cccn2-c2ccccc2)sc2nc3ccccc3n12. The van der Waals surface area contributed by atoms with Gasteiger partial charge in [-0.15, -0.1) is 0 Å². The number of imidazole rings is 1. The molecule has 0 saturated heterocycles. The molecule has 3 heterocycles. The first-order chi connectivity index (χ1) is 12.3. The molecule has 0 aliphatic heterocycles. The lowest BCUT2D eigenvalue weighted by Gasteiger charge is -2.05. The minimum Gasteiger partial charge on any atom is -0.317 e. The van der Waals surface area contributed by atoms with Crippen LogP contribution in [0.3, 0.4) is 0 Å². The molecule has 25 heavy (non-hydrogen) atoms. The standard InChI is InChI=1S/C20H13N3OS/c24-19-18(25-20-21-16-10-4-5-11-17(16)23(19)20)13-15-9-6-12-22(15)14-7-2-1-3-8-14/h1-13H/b18-13-. The van der Waals surface area contributed by atoms with Gasteiger partial charge in [0, 0.05) is 17.6 Å². The van der Waals surface area contributed by atoms with E-state index in [2.05, 4.69) is 9.55 Å². The van der Waals surface area contributed by atoms with Gasteiger partial charge in [0.05, 0.1) is 15.6 Å². The van der Waals surface area contributed by atoms with Crippen LogP contribution in [0, 0.1) is 0 Å². The summed E-state index contributed by atoms with van der Waals surface area (Å²) in [5, 5.41) is 0. The lowest BCUT2D eigenvalue weighted by molar-refractivity contribution is 1.06. The van der Waals surface area contributed by atoms with Gasteiger partial charge in [-0.3, -0.25) is 4.79 Å². The largest absolute Gasteiger partial charge is 0.317 e. The Hall–Kier alpha value is -3.18. The third-order valence-electron chi connectivity index (χ3n) is 4.24. The predicted octanol–water partition coefficient (Wildman–Crippen LogP) is 3.25. The topological polar surface area (TPSA) is 39.3 Å². The number of fused-ring (bicyclic) bond motifs is 3. The summed E-state index contributed by atoms with van der Waals surface area (Å²) in [5.74, 6) is 0. The number of aromatic nitrogens is 3. The Morgan fingerprint density at radius 2 is 1.72 bits per heavy atom. The van der Waals surface area contributed by atoms with Crippen molar-refractivity contribution in [2.24, 2.45) is 0 Å². The molecule has 2 aromatic carbocycles. The van der Waals surface area contributed by atoms with E-state index in [-0.39, 0.29) is 5.56 Å². The molecule has 3 aromatic heterocycles. The second kappa shape index (κ2) is 5.43. The molecular weight excluding hydrogens is 330 g/mol. The fraction of sp³-hybridized carbons (Fsp3) is 0. The van der Waals surface area contributed by atoms with E-state index < -0.39 is 0 Å². The fourth-order valence-corrected chi connectivity index (χ4v) is 4.05. The first-order valence-corrected chi connectivity index (χ1v) is 8.77. The minimum atomic E-state index is -0.0190. The van der Waals surface area contributed by atoms with Crippen LogP contribution in [0.2, 0.25) is 0 Å². The predicted molar refractivity (Wildman–Crippen MR) is 101 cm³/mol. The molecule has 120 valence electrons. The molecule has 0 saturated carbocycles. The zero-order valence-electron chi connectivity index (χ0n) is 13.2. The van der Waals surface area contributed by atoms with Crippen molar-refractivity contribution in [3.63, 3.8) is 0 Å². The van der Waals surface area contributed by atoms with Crippen molar-refractivity contribution in [1.29, 1.82) is 0 Å². The van der Waals surface area contributed by atoms with Crippen molar-refractivity contribution in [2.45, 2.75) is 0 Å². The zero-order chi connectivity index (χ0) is 16.8. The monoisotopic (exact) mass is 343 g/mol. The molecule has 0 unspecified atom stereocenters. The van der Waals surface area contributed by atoms with E-state index in [1.165, 1.54) is 11.3 Å². The van der Waals surface area contributed by atoms with Gasteiger partial charge in [0.15, 0.2) is 4.96 Å². The molecule has 0 spiro atoms. The highest BCUT2D eigenvalue weighted by molar-refractivity contribution is 7.15. The molecule has 5 heteroatoms. The first-order valence-electron chi connectivity index (χ1n) is 7.96. The molecule has 5 rings (SSSR count). The summed E-state index contributed by atoms with van der Waals surface area (Å²) in [7, 11) is 0. The van der Waals surface area contributed by atoms with Crippen LogP contribution in [0.25, 0.3) is 27.8 Å². The number of benzene rings is 2. The van der Waals surface area contributed by atoms with Crippen LogP contribution >= 0.6 is 11.3 Å². The normalized spacial score (nSPS) is 12.4. The van der Waals surface area contributed by atoms with E-state index in [1.807, 2.05) is 79.0 Å². The Labute approximate surface area is 146 Å². The van der Waals surface area contributed by atoms with Crippen molar-refractivity contribution in [1.82, 2.24) is 14.0 Å². The Kier molecular flexibility index (Phi) is 3.08. The van der Waals surface area contributed by atoms with E-state index in [9.17, 15) is 4.79 Å². The van der Waals surface area contributed by atoms with Crippen LogP contribution in [-0.4, -0.2) is 14.0 Å². The minimum absolute atomic E-state index is 0.0190. The third kappa shape index (κ3) is 2.21. The van der Waals surface area contributed by atoms with Gasteiger partial charge in [-0.1, -0.05) is 41.7 Å². The van der Waals surface area contributed by atoms with Gasteiger partial charge in [0.1, 0.15) is 0 Å². The third-order valence-corrected chi connectivity index (χ3v) is 5.21. The highest BCUT2D eigenvalue weighted by atomic mass is 32.1. The molecule has 0 radical (unpaired) electrons. The lowest BCUT2D eigenvalue weighted by atomic mass is 10.3. The van der Waals surface area contributed by atoms with Gasteiger partial charge in [-0.25, -0.2) is 9.38 Å². The molecule has 0 atom stereocenters. The summed E-state index contributed by atoms with van der Waals surface area (Å²) in [6.07, 6.45) is 3.93. The van der Waals surface area contributed by atoms with E-state index in [0.717, 1.165) is 27.4 Å². The van der Waals surface area contributed by atoms with E-state index in [1.54, 1.807) is 4.40 Å². The second-order valence-corrected chi connectivity index (χ2v) is 6.78. The van der Waals surface area contributed by atoms with Gasteiger partial charge in [0.2, 0.25) is 0 Å². The number of hydrogen-bond acceptors (Lipinski definition) is 3. The van der Waals surface area contributed by atoms with Crippen LogP contribution in [0.5, 0.6) is 0 Å². The zero-order valence-corrected chi connectivity index (χ0v) is 14.0. The number of nitrogens with zero attached hydrogens (tertiary/aromatic N) is 3. The van der Waals surface area contributed by atoms with Crippen LogP contribution in [0.4, 0.5) is 0 Å². The van der Waals surface area contributed by atoms with Crippen molar-refractivity contribution in [3.8, 4) is 5.69 Å². The van der Waals surface area contributed by atoms with Crippen LogP contribution in [0.1, 0.15) is 5.69 Å². The summed E-state index contributed by atoms with van der Waals surface area (Å²) in [6, 6.07) is 21.8. The average molecular weight is 343 g/mol. The summed E-state index contributed by atoms with van der Waals surface area (Å²) in [6.45, 7) is 0. The van der Waals surface area contributed by atoms with Gasteiger partial charge in [-0.2, -0.15) is 0 Å². The first kappa shape index (κ1) is 14.2. The maximum Gasteiger partial charge on any atom is 0.275 e. The molecule has 0 N–H and O–H groups in total. The van der Waals surface area contributed by atoms with Crippen LogP contribution < -0.4 is 10.1 Å². The van der Waals surface area contributed by atoms with Gasteiger partial charge >= 0.3 is 0 Å². The fourth-order valence-electron chi connectivity index (χ4n) is 3.08. The van der Waals surface area contributed by atoms with Crippen molar-refractivity contribution in [3.05, 3.63) is 93.5 Å².